The third-order valence-corrected chi connectivity index (χ3v) is 1.69. The van der Waals surface area contributed by atoms with Crippen molar-refractivity contribution >= 4 is 18.1 Å². The Labute approximate surface area is 64.3 Å². The van der Waals surface area contributed by atoms with Gasteiger partial charge in [-0.25, -0.2) is 4.98 Å². The molecule has 2 rings (SSSR count). The average molecular weight is 147 g/mol. The van der Waals surface area contributed by atoms with Crippen molar-refractivity contribution in [3.8, 4) is 0 Å². The fourth-order valence-corrected chi connectivity index (χ4v) is 1.13. The van der Waals surface area contributed by atoms with Crippen molar-refractivity contribution in [3.05, 3.63) is 22.7 Å². The summed E-state index contributed by atoms with van der Waals surface area (Å²) in [7, 11) is 0. The molecule has 0 radical (unpaired) electrons. The summed E-state index contributed by atoms with van der Waals surface area (Å²) in [6, 6.07) is 1.88. The lowest BCUT2D eigenvalue weighted by molar-refractivity contribution is 1.05. The van der Waals surface area contributed by atoms with Gasteiger partial charge in [-0.3, -0.25) is 0 Å². The first kappa shape index (κ1) is 6.22. The van der Waals surface area contributed by atoms with E-state index < -0.39 is 0 Å². The second kappa shape index (κ2) is 2.27. The van der Waals surface area contributed by atoms with Gasteiger partial charge in [-0.15, -0.1) is 0 Å². The van der Waals surface area contributed by atoms with E-state index in [9.17, 15) is 0 Å². The lowest BCUT2D eigenvalue weighted by atomic mass is 10.2. The number of aromatic nitrogens is 1. The third kappa shape index (κ3) is 1.05. The van der Waals surface area contributed by atoms with Crippen LogP contribution in [0, 0.1) is 0 Å². The molecule has 56 valence electrons. The molecule has 3 heteroatoms. The summed E-state index contributed by atoms with van der Waals surface area (Å²) >= 11 is 0. The molecule has 0 spiro atoms. The highest BCUT2D eigenvalue weighted by atomic mass is 14.8. The maximum absolute atomic E-state index is 5.52. The summed E-state index contributed by atoms with van der Waals surface area (Å²) in [6.07, 6.45) is 5.81. The summed E-state index contributed by atoms with van der Waals surface area (Å²) < 4.78 is 0. The van der Waals surface area contributed by atoms with Crippen molar-refractivity contribution in [2.24, 2.45) is 0 Å². The van der Waals surface area contributed by atoms with Gasteiger partial charge in [0.05, 0.1) is 0 Å². The number of hydrogen-bond donors (Lipinski definition) is 2. The van der Waals surface area contributed by atoms with E-state index in [0.29, 0.717) is 5.82 Å². The van der Waals surface area contributed by atoms with E-state index in [1.807, 2.05) is 12.3 Å². The van der Waals surface area contributed by atoms with Crippen LogP contribution >= 0.6 is 0 Å². The van der Waals surface area contributed by atoms with Crippen molar-refractivity contribution in [3.63, 3.8) is 0 Å². The molecule has 1 aromatic rings. The number of rotatable bonds is 0. The molecule has 2 heterocycles. The predicted molar refractivity (Wildman–Crippen MR) is 44.8 cm³/mol. The average Bonchev–Trinajstić information content (AvgIpc) is 2.04. The van der Waals surface area contributed by atoms with Crippen LogP contribution in [0.2, 0.25) is 0 Å². The first-order valence-corrected chi connectivity index (χ1v) is 3.51. The molecule has 0 fully saturated rings. The molecule has 1 aromatic heterocycles. The molecule has 3 N–H and O–H groups in total. The first-order valence-electron chi connectivity index (χ1n) is 3.51. The van der Waals surface area contributed by atoms with Gasteiger partial charge in [0.2, 0.25) is 0 Å². The van der Waals surface area contributed by atoms with E-state index in [2.05, 4.69) is 16.4 Å². The Hall–Kier alpha value is -1.51. The van der Waals surface area contributed by atoms with Crippen LogP contribution < -0.4 is 21.5 Å². The topological polar surface area (TPSA) is 50.9 Å². The van der Waals surface area contributed by atoms with Crippen molar-refractivity contribution in [1.82, 2.24) is 10.3 Å². The number of nitrogens with one attached hydrogen (secondary N) is 1. The number of fused-ring (bicyclic) bond motifs is 1. The van der Waals surface area contributed by atoms with Crippen molar-refractivity contribution in [2.75, 3.05) is 12.3 Å². The molecule has 0 amide bonds. The quantitative estimate of drug-likeness (QED) is 0.484. The molecule has 0 aromatic carbocycles. The van der Waals surface area contributed by atoms with E-state index in [4.69, 9.17) is 5.73 Å². The van der Waals surface area contributed by atoms with Crippen LogP contribution in [0.4, 0.5) is 5.82 Å². The van der Waals surface area contributed by atoms with Gasteiger partial charge in [-0.2, -0.15) is 0 Å². The first-order chi connectivity index (χ1) is 5.36. The molecule has 0 saturated carbocycles. The standard InChI is InChI=1S/C8H9N3/c9-8-3-6-1-2-10-4-7(6)5-11-8/h1,3-5,10H,2,9H2. The minimum Gasteiger partial charge on any atom is -0.387 e. The van der Waals surface area contributed by atoms with E-state index >= 15 is 0 Å². The van der Waals surface area contributed by atoms with Crippen LogP contribution in [0.15, 0.2) is 12.3 Å². The van der Waals surface area contributed by atoms with Gasteiger partial charge in [-0.1, -0.05) is 6.08 Å². The zero-order valence-electron chi connectivity index (χ0n) is 6.04. The molecule has 0 bridgehead atoms. The molecule has 1 aliphatic rings. The predicted octanol–water partition coefficient (Wildman–Crippen LogP) is -1.21. The van der Waals surface area contributed by atoms with Crippen molar-refractivity contribution in [1.29, 1.82) is 0 Å². The lowest BCUT2D eigenvalue weighted by Crippen LogP contribution is -2.33. The van der Waals surface area contributed by atoms with Crippen molar-refractivity contribution < 1.29 is 0 Å². The minimum atomic E-state index is 0.579. The van der Waals surface area contributed by atoms with Gasteiger partial charge in [-0.05, 0) is 11.3 Å². The Balaban J connectivity index is 2.80. The maximum Gasteiger partial charge on any atom is 0.123 e. The number of hydrogen-bond acceptors (Lipinski definition) is 3. The third-order valence-electron chi connectivity index (χ3n) is 1.69. The Bertz CT molecular complexity index is 381. The highest BCUT2D eigenvalue weighted by molar-refractivity contribution is 5.41. The van der Waals surface area contributed by atoms with Crippen LogP contribution in [0.3, 0.4) is 0 Å². The number of nitrogen functional groups attached to an aromatic ring is 1. The Morgan fingerprint density at radius 1 is 1.45 bits per heavy atom. The van der Waals surface area contributed by atoms with Crippen LogP contribution in [-0.4, -0.2) is 11.5 Å². The maximum atomic E-state index is 5.52. The second-order valence-corrected chi connectivity index (χ2v) is 2.49. The fourth-order valence-electron chi connectivity index (χ4n) is 1.13. The van der Waals surface area contributed by atoms with Gasteiger partial charge >= 0.3 is 0 Å². The lowest BCUT2D eigenvalue weighted by Gasteiger charge is -2.01. The second-order valence-electron chi connectivity index (χ2n) is 2.49. The smallest absolute Gasteiger partial charge is 0.123 e. The normalized spacial score (nSPS) is 13.8. The largest absolute Gasteiger partial charge is 0.387 e. The summed E-state index contributed by atoms with van der Waals surface area (Å²) in [4.78, 5) is 3.98. The molecule has 3 nitrogen and oxygen atoms in total. The molecule has 11 heavy (non-hydrogen) atoms. The van der Waals surface area contributed by atoms with Crippen LogP contribution in [-0.2, 0) is 0 Å². The van der Waals surface area contributed by atoms with Gasteiger partial charge in [0.25, 0.3) is 0 Å². The highest BCUT2D eigenvalue weighted by Crippen LogP contribution is 1.84. The van der Waals surface area contributed by atoms with E-state index in [0.717, 1.165) is 17.0 Å². The summed E-state index contributed by atoms with van der Waals surface area (Å²) in [5.74, 6) is 0.579. The molecule has 0 atom stereocenters. The minimum absolute atomic E-state index is 0.579. The van der Waals surface area contributed by atoms with Crippen LogP contribution in [0.25, 0.3) is 12.3 Å². The molecule has 0 saturated heterocycles. The summed E-state index contributed by atoms with van der Waals surface area (Å²) in [5.41, 5.74) is 5.52. The van der Waals surface area contributed by atoms with Crippen molar-refractivity contribution in [2.45, 2.75) is 0 Å². The molecular weight excluding hydrogens is 138 g/mol. The van der Waals surface area contributed by atoms with Crippen LogP contribution in [0.1, 0.15) is 0 Å². The van der Waals surface area contributed by atoms with Gasteiger partial charge in [0.1, 0.15) is 5.82 Å². The zero-order valence-corrected chi connectivity index (χ0v) is 6.04. The Kier molecular flexibility index (Phi) is 1.28. The molecular formula is C8H9N3. The summed E-state index contributed by atoms with van der Waals surface area (Å²) in [6.45, 7) is 0.871. The van der Waals surface area contributed by atoms with Gasteiger partial charge in [0, 0.05) is 24.2 Å². The SMILES string of the molecule is Nc1cc2c(cn1)=CNCC=2. The zero-order chi connectivity index (χ0) is 7.68. The Morgan fingerprint density at radius 3 is 3.27 bits per heavy atom. The number of nitrogens with two attached hydrogens (primary N) is 1. The highest BCUT2D eigenvalue weighted by Gasteiger charge is 1.92. The number of nitrogens with zero attached hydrogens (tertiary/aromatic N) is 1. The van der Waals surface area contributed by atoms with E-state index in [1.165, 1.54) is 0 Å². The molecule has 1 aliphatic heterocycles. The summed E-state index contributed by atoms with van der Waals surface area (Å²) in [5, 5.41) is 5.36. The Morgan fingerprint density at radius 2 is 2.36 bits per heavy atom. The van der Waals surface area contributed by atoms with E-state index in [1.54, 1.807) is 6.20 Å². The van der Waals surface area contributed by atoms with Crippen LogP contribution in [0.5, 0.6) is 0 Å². The number of anilines is 1. The monoisotopic (exact) mass is 147 g/mol. The van der Waals surface area contributed by atoms with Gasteiger partial charge in [0.15, 0.2) is 0 Å². The fraction of sp³-hybridized carbons (Fsp3) is 0.125. The van der Waals surface area contributed by atoms with Gasteiger partial charge < -0.3 is 11.1 Å². The number of pyridine rings is 1. The molecule has 0 unspecified atom stereocenters. The van der Waals surface area contributed by atoms with E-state index in [-0.39, 0.29) is 0 Å². The molecule has 0 aliphatic carbocycles.